The molecule has 1 saturated heterocycles. The van der Waals surface area contributed by atoms with E-state index in [2.05, 4.69) is 4.90 Å². The first-order valence-corrected chi connectivity index (χ1v) is 7.52. The van der Waals surface area contributed by atoms with Gasteiger partial charge in [-0.15, -0.1) is 0 Å². The highest BCUT2D eigenvalue weighted by Gasteiger charge is 2.34. The molecule has 4 heteroatoms. The predicted molar refractivity (Wildman–Crippen MR) is 78.3 cm³/mol. The third-order valence-electron chi connectivity index (χ3n) is 4.36. The number of hydrogen-bond acceptors (Lipinski definition) is 3. The van der Waals surface area contributed by atoms with E-state index in [0.717, 1.165) is 36.0 Å². The number of anilines is 1. The number of nitrogen functional groups attached to an aromatic ring is 1. The van der Waals surface area contributed by atoms with Crippen LogP contribution in [0.2, 0.25) is 5.02 Å². The van der Waals surface area contributed by atoms with Crippen LogP contribution in [0, 0.1) is 0 Å². The molecule has 0 spiro atoms. The van der Waals surface area contributed by atoms with Gasteiger partial charge in [0.25, 0.3) is 0 Å². The van der Waals surface area contributed by atoms with Gasteiger partial charge >= 0.3 is 0 Å². The van der Waals surface area contributed by atoms with Crippen molar-refractivity contribution in [3.05, 3.63) is 28.8 Å². The van der Waals surface area contributed by atoms with Gasteiger partial charge in [0.1, 0.15) is 0 Å². The molecular formula is C15H21ClN2O. The summed E-state index contributed by atoms with van der Waals surface area (Å²) < 4.78 is 5.90. The van der Waals surface area contributed by atoms with E-state index in [-0.39, 0.29) is 0 Å². The van der Waals surface area contributed by atoms with Crippen LogP contribution in [0.25, 0.3) is 0 Å². The van der Waals surface area contributed by atoms with Gasteiger partial charge in [0.15, 0.2) is 0 Å². The van der Waals surface area contributed by atoms with Crippen molar-refractivity contribution in [3.63, 3.8) is 0 Å². The van der Waals surface area contributed by atoms with Gasteiger partial charge in [0.05, 0.1) is 12.7 Å². The molecular weight excluding hydrogens is 260 g/mol. The molecule has 1 aliphatic heterocycles. The molecule has 2 fully saturated rings. The summed E-state index contributed by atoms with van der Waals surface area (Å²) in [5.74, 6) is 0. The lowest BCUT2D eigenvalue weighted by Gasteiger charge is -2.44. The summed E-state index contributed by atoms with van der Waals surface area (Å²) in [6.07, 6.45) is 5.43. The fraction of sp³-hybridized carbons (Fsp3) is 0.600. The fourth-order valence-corrected chi connectivity index (χ4v) is 3.56. The first-order valence-electron chi connectivity index (χ1n) is 7.14. The molecule has 0 radical (unpaired) electrons. The molecule has 2 unspecified atom stereocenters. The molecule has 0 aromatic heterocycles. The average molecular weight is 281 g/mol. The Kier molecular flexibility index (Phi) is 3.96. The van der Waals surface area contributed by atoms with E-state index < -0.39 is 0 Å². The van der Waals surface area contributed by atoms with Crippen LogP contribution in [-0.2, 0) is 11.3 Å². The highest BCUT2D eigenvalue weighted by Crippen LogP contribution is 2.31. The van der Waals surface area contributed by atoms with Gasteiger partial charge in [-0.25, -0.2) is 0 Å². The van der Waals surface area contributed by atoms with E-state index in [1.165, 1.54) is 25.7 Å². The third kappa shape index (κ3) is 2.73. The number of morpholine rings is 1. The van der Waals surface area contributed by atoms with Crippen LogP contribution in [-0.4, -0.2) is 30.2 Å². The van der Waals surface area contributed by atoms with Crippen molar-refractivity contribution in [3.8, 4) is 0 Å². The van der Waals surface area contributed by atoms with Crippen LogP contribution >= 0.6 is 11.6 Å². The largest absolute Gasteiger partial charge is 0.398 e. The van der Waals surface area contributed by atoms with Crippen molar-refractivity contribution in [2.75, 3.05) is 18.9 Å². The van der Waals surface area contributed by atoms with Crippen LogP contribution in [0.5, 0.6) is 0 Å². The zero-order chi connectivity index (χ0) is 13.2. The lowest BCUT2D eigenvalue weighted by atomic mass is 9.90. The maximum absolute atomic E-state index is 6.29. The third-order valence-corrected chi connectivity index (χ3v) is 4.72. The second-order valence-corrected chi connectivity index (χ2v) is 5.95. The monoisotopic (exact) mass is 280 g/mol. The summed E-state index contributed by atoms with van der Waals surface area (Å²) in [5, 5.41) is 0.777. The number of rotatable bonds is 2. The molecule has 0 bridgehead atoms. The topological polar surface area (TPSA) is 38.5 Å². The van der Waals surface area contributed by atoms with E-state index in [0.29, 0.717) is 12.1 Å². The molecule has 19 heavy (non-hydrogen) atoms. The standard InChI is InChI=1S/C15H21ClN2O/c16-12-4-3-5-13(17)11(12)10-18-8-9-19-15-7-2-1-6-14(15)18/h3-5,14-15H,1-2,6-10,17H2. The summed E-state index contributed by atoms with van der Waals surface area (Å²) in [7, 11) is 0. The van der Waals surface area contributed by atoms with Crippen molar-refractivity contribution in [1.82, 2.24) is 4.90 Å². The Hall–Kier alpha value is -0.770. The van der Waals surface area contributed by atoms with E-state index in [1.54, 1.807) is 0 Å². The van der Waals surface area contributed by atoms with E-state index in [1.807, 2.05) is 18.2 Å². The van der Waals surface area contributed by atoms with Crippen molar-refractivity contribution >= 4 is 17.3 Å². The van der Waals surface area contributed by atoms with Gasteiger partial charge in [-0.05, 0) is 25.0 Å². The van der Waals surface area contributed by atoms with E-state index >= 15 is 0 Å². The van der Waals surface area contributed by atoms with Crippen LogP contribution in [0.3, 0.4) is 0 Å². The Morgan fingerprint density at radius 1 is 1.32 bits per heavy atom. The summed E-state index contributed by atoms with van der Waals surface area (Å²) in [5.41, 5.74) is 7.93. The van der Waals surface area contributed by atoms with Gasteiger partial charge < -0.3 is 10.5 Å². The molecule has 3 rings (SSSR count). The minimum absolute atomic E-state index is 0.409. The van der Waals surface area contributed by atoms with Crippen molar-refractivity contribution < 1.29 is 4.74 Å². The first kappa shape index (κ1) is 13.2. The maximum Gasteiger partial charge on any atom is 0.0731 e. The van der Waals surface area contributed by atoms with E-state index in [4.69, 9.17) is 22.1 Å². The summed E-state index contributed by atoms with van der Waals surface area (Å²) >= 11 is 6.29. The normalized spacial score (nSPS) is 28.1. The lowest BCUT2D eigenvalue weighted by molar-refractivity contribution is -0.0910. The van der Waals surface area contributed by atoms with Crippen molar-refractivity contribution in [1.29, 1.82) is 0 Å². The zero-order valence-corrected chi connectivity index (χ0v) is 11.9. The van der Waals surface area contributed by atoms with Crippen LogP contribution < -0.4 is 5.73 Å². The smallest absolute Gasteiger partial charge is 0.0731 e. The lowest BCUT2D eigenvalue weighted by Crippen LogP contribution is -2.52. The molecule has 1 aliphatic carbocycles. The van der Waals surface area contributed by atoms with Crippen LogP contribution in [0.4, 0.5) is 5.69 Å². The second kappa shape index (κ2) is 5.70. The van der Waals surface area contributed by atoms with E-state index in [9.17, 15) is 0 Å². The Labute approximate surface area is 119 Å². The zero-order valence-electron chi connectivity index (χ0n) is 11.1. The molecule has 2 aliphatic rings. The summed E-state index contributed by atoms with van der Waals surface area (Å²) in [4.78, 5) is 2.50. The van der Waals surface area contributed by atoms with Crippen molar-refractivity contribution in [2.24, 2.45) is 0 Å². The minimum atomic E-state index is 0.409. The van der Waals surface area contributed by atoms with Gasteiger partial charge in [-0.3, -0.25) is 4.90 Å². The predicted octanol–water partition coefficient (Wildman–Crippen LogP) is 3.07. The maximum atomic E-state index is 6.29. The highest BCUT2D eigenvalue weighted by molar-refractivity contribution is 6.31. The van der Waals surface area contributed by atoms with Gasteiger partial charge in [-0.2, -0.15) is 0 Å². The molecule has 3 nitrogen and oxygen atoms in total. The summed E-state index contributed by atoms with van der Waals surface area (Å²) in [6, 6.07) is 6.30. The minimum Gasteiger partial charge on any atom is -0.398 e. The number of halogens is 1. The highest BCUT2D eigenvalue weighted by atomic mass is 35.5. The van der Waals surface area contributed by atoms with Gasteiger partial charge in [-0.1, -0.05) is 30.5 Å². The SMILES string of the molecule is Nc1cccc(Cl)c1CN1CCOC2CCCCC21. The van der Waals surface area contributed by atoms with Gasteiger partial charge in [0.2, 0.25) is 0 Å². The van der Waals surface area contributed by atoms with Crippen molar-refractivity contribution in [2.45, 2.75) is 44.4 Å². The number of nitrogens with zero attached hydrogens (tertiary/aromatic N) is 1. The molecule has 2 N–H and O–H groups in total. The number of hydrogen-bond donors (Lipinski definition) is 1. The quantitative estimate of drug-likeness (QED) is 0.846. The molecule has 2 atom stereocenters. The molecule has 0 amide bonds. The molecule has 1 heterocycles. The Morgan fingerprint density at radius 3 is 3.00 bits per heavy atom. The Morgan fingerprint density at radius 2 is 2.16 bits per heavy atom. The molecule has 1 aromatic rings. The fourth-order valence-electron chi connectivity index (χ4n) is 3.32. The second-order valence-electron chi connectivity index (χ2n) is 5.54. The molecule has 104 valence electrons. The number of fused-ring (bicyclic) bond motifs is 1. The number of nitrogens with two attached hydrogens (primary N) is 1. The van der Waals surface area contributed by atoms with Gasteiger partial charge in [0, 0.05) is 35.4 Å². The Balaban J connectivity index is 1.78. The molecule has 1 saturated carbocycles. The van der Waals surface area contributed by atoms with Crippen LogP contribution in [0.1, 0.15) is 31.2 Å². The summed E-state index contributed by atoms with van der Waals surface area (Å²) in [6.45, 7) is 2.65. The molecule has 1 aromatic carbocycles. The van der Waals surface area contributed by atoms with Crippen LogP contribution in [0.15, 0.2) is 18.2 Å². The number of ether oxygens (including phenoxy) is 1. The first-order chi connectivity index (χ1) is 9.25. The Bertz CT molecular complexity index is 430. The number of benzene rings is 1. The average Bonchev–Trinajstić information content (AvgIpc) is 2.43.